The molecule has 4 aliphatic rings. The number of esters is 1. The zero-order valence-electron chi connectivity index (χ0n) is 15.5. The summed E-state index contributed by atoms with van der Waals surface area (Å²) in [5.74, 6) is 2.14. The minimum Gasteiger partial charge on any atom is -0.495 e. The van der Waals surface area contributed by atoms with Crippen LogP contribution in [0.4, 0.5) is 5.69 Å². The number of amides is 1. The molecule has 0 aromatic heterocycles. The van der Waals surface area contributed by atoms with Gasteiger partial charge in [-0.2, -0.15) is 0 Å². The summed E-state index contributed by atoms with van der Waals surface area (Å²) in [4.78, 5) is 25.1. The monoisotopic (exact) mass is 357 g/mol. The van der Waals surface area contributed by atoms with Crippen molar-refractivity contribution in [2.75, 3.05) is 19.0 Å². The van der Waals surface area contributed by atoms with E-state index in [-0.39, 0.29) is 23.9 Å². The molecule has 0 spiro atoms. The van der Waals surface area contributed by atoms with Gasteiger partial charge in [-0.1, -0.05) is 6.07 Å². The first kappa shape index (κ1) is 17.4. The minimum atomic E-state index is -0.327. The van der Waals surface area contributed by atoms with Gasteiger partial charge in [0.15, 0.2) is 6.61 Å². The molecule has 0 unspecified atom stereocenters. The van der Waals surface area contributed by atoms with Crippen LogP contribution < -0.4 is 10.1 Å². The Morgan fingerprint density at radius 3 is 2.31 bits per heavy atom. The predicted molar refractivity (Wildman–Crippen MR) is 97.9 cm³/mol. The largest absolute Gasteiger partial charge is 0.495 e. The van der Waals surface area contributed by atoms with Crippen LogP contribution >= 0.6 is 0 Å². The summed E-state index contributed by atoms with van der Waals surface area (Å²) in [5.41, 5.74) is 1.30. The molecule has 5 rings (SSSR count). The van der Waals surface area contributed by atoms with Crippen molar-refractivity contribution in [1.29, 1.82) is 0 Å². The van der Waals surface area contributed by atoms with Gasteiger partial charge in [-0.05, 0) is 80.9 Å². The van der Waals surface area contributed by atoms with E-state index in [4.69, 9.17) is 9.47 Å². The highest BCUT2D eigenvalue weighted by molar-refractivity contribution is 5.94. The Labute approximate surface area is 154 Å². The number of rotatable bonds is 5. The summed E-state index contributed by atoms with van der Waals surface area (Å²) >= 11 is 0. The molecule has 0 radical (unpaired) electrons. The van der Waals surface area contributed by atoms with E-state index < -0.39 is 0 Å². The van der Waals surface area contributed by atoms with Crippen LogP contribution in [0, 0.1) is 30.1 Å². The molecule has 4 bridgehead atoms. The van der Waals surface area contributed by atoms with E-state index in [0.29, 0.717) is 29.2 Å². The smallest absolute Gasteiger partial charge is 0.312 e. The molecule has 1 aromatic rings. The van der Waals surface area contributed by atoms with Gasteiger partial charge in [0.1, 0.15) is 5.75 Å². The number of nitrogens with one attached hydrogen (secondary N) is 1. The highest BCUT2D eigenvalue weighted by Crippen LogP contribution is 2.60. The molecule has 5 nitrogen and oxygen atoms in total. The van der Waals surface area contributed by atoms with Crippen LogP contribution in [0.25, 0.3) is 0 Å². The van der Waals surface area contributed by atoms with E-state index in [9.17, 15) is 9.59 Å². The lowest BCUT2D eigenvalue weighted by atomic mass is 9.49. The number of ether oxygens (including phenoxy) is 2. The van der Waals surface area contributed by atoms with Crippen LogP contribution in [-0.2, 0) is 14.3 Å². The number of hydrogen-bond acceptors (Lipinski definition) is 4. The Hall–Kier alpha value is -2.04. The number of anilines is 1. The Balaban J connectivity index is 1.36. The van der Waals surface area contributed by atoms with Gasteiger partial charge in [0, 0.05) is 0 Å². The first-order chi connectivity index (χ1) is 12.5. The predicted octanol–water partition coefficient (Wildman–Crippen LogP) is 3.70. The average molecular weight is 357 g/mol. The van der Waals surface area contributed by atoms with Crippen molar-refractivity contribution in [3.63, 3.8) is 0 Å². The van der Waals surface area contributed by atoms with E-state index in [1.54, 1.807) is 7.11 Å². The summed E-state index contributed by atoms with van der Waals surface area (Å²) in [6, 6.07) is 5.57. The maximum atomic E-state index is 12.8. The molecule has 0 saturated heterocycles. The molecule has 0 heterocycles. The fourth-order valence-corrected chi connectivity index (χ4v) is 5.75. The number of aryl methyl sites for hydroxylation is 1. The van der Waals surface area contributed by atoms with Crippen molar-refractivity contribution in [2.24, 2.45) is 23.2 Å². The SMILES string of the molecule is COc1ccc(C)cc1NC(=O)COC(=O)C12CC3CC(CC(C3)C1)C2. The van der Waals surface area contributed by atoms with Crippen molar-refractivity contribution in [2.45, 2.75) is 45.4 Å². The zero-order chi connectivity index (χ0) is 18.3. The molecule has 1 aromatic carbocycles. The van der Waals surface area contributed by atoms with Gasteiger partial charge < -0.3 is 14.8 Å². The molecular formula is C21H27NO4. The fraction of sp³-hybridized carbons (Fsp3) is 0.619. The Kier molecular flexibility index (Phi) is 4.41. The first-order valence-electron chi connectivity index (χ1n) is 9.59. The molecule has 4 saturated carbocycles. The number of benzene rings is 1. The summed E-state index contributed by atoms with van der Waals surface area (Å²) in [5, 5.41) is 2.79. The molecule has 140 valence electrons. The molecular weight excluding hydrogens is 330 g/mol. The number of methoxy groups -OCH3 is 1. The second kappa shape index (κ2) is 6.60. The fourth-order valence-electron chi connectivity index (χ4n) is 5.75. The lowest BCUT2D eigenvalue weighted by Gasteiger charge is -2.55. The van der Waals surface area contributed by atoms with E-state index in [0.717, 1.165) is 24.8 Å². The van der Waals surface area contributed by atoms with Gasteiger partial charge in [-0.3, -0.25) is 9.59 Å². The third-order valence-electron chi connectivity index (χ3n) is 6.43. The van der Waals surface area contributed by atoms with E-state index in [1.165, 1.54) is 19.3 Å². The summed E-state index contributed by atoms with van der Waals surface area (Å²) in [7, 11) is 1.56. The van der Waals surface area contributed by atoms with Crippen molar-refractivity contribution < 1.29 is 19.1 Å². The topological polar surface area (TPSA) is 64.6 Å². The zero-order valence-corrected chi connectivity index (χ0v) is 15.5. The normalized spacial score (nSPS) is 31.5. The van der Waals surface area contributed by atoms with Gasteiger partial charge in [0.2, 0.25) is 0 Å². The standard InChI is InChI=1S/C21H27NO4/c1-13-3-4-18(25-2)17(5-13)22-19(23)12-26-20(24)21-9-14-6-15(10-21)8-16(7-14)11-21/h3-5,14-16H,6-12H2,1-2H3,(H,22,23). The highest BCUT2D eigenvalue weighted by atomic mass is 16.5. The van der Waals surface area contributed by atoms with Crippen LogP contribution in [0.5, 0.6) is 5.75 Å². The van der Waals surface area contributed by atoms with Crippen molar-refractivity contribution in [1.82, 2.24) is 0 Å². The van der Waals surface area contributed by atoms with Crippen molar-refractivity contribution >= 4 is 17.6 Å². The molecule has 4 aliphatic carbocycles. The number of carbonyl (C=O) groups is 2. The lowest BCUT2D eigenvalue weighted by molar-refractivity contribution is -0.172. The second-order valence-corrected chi connectivity index (χ2v) is 8.53. The molecule has 1 N–H and O–H groups in total. The molecule has 26 heavy (non-hydrogen) atoms. The van der Waals surface area contributed by atoms with E-state index in [1.807, 2.05) is 25.1 Å². The quantitative estimate of drug-likeness (QED) is 0.816. The van der Waals surface area contributed by atoms with Crippen LogP contribution in [0.2, 0.25) is 0 Å². The van der Waals surface area contributed by atoms with Crippen LogP contribution in [-0.4, -0.2) is 25.6 Å². The van der Waals surface area contributed by atoms with Crippen LogP contribution in [0.1, 0.15) is 44.1 Å². The summed E-state index contributed by atoms with van der Waals surface area (Å²) in [6.07, 6.45) is 6.68. The Morgan fingerprint density at radius 2 is 1.73 bits per heavy atom. The van der Waals surface area contributed by atoms with Gasteiger partial charge in [-0.15, -0.1) is 0 Å². The molecule has 0 atom stereocenters. The number of carbonyl (C=O) groups excluding carboxylic acids is 2. The van der Waals surface area contributed by atoms with Crippen molar-refractivity contribution in [3.05, 3.63) is 23.8 Å². The third kappa shape index (κ3) is 3.19. The first-order valence-corrected chi connectivity index (χ1v) is 9.59. The molecule has 1 amide bonds. The maximum absolute atomic E-state index is 12.8. The lowest BCUT2D eigenvalue weighted by Crippen LogP contribution is -2.50. The average Bonchev–Trinajstić information content (AvgIpc) is 2.58. The van der Waals surface area contributed by atoms with Crippen LogP contribution in [0.3, 0.4) is 0 Å². The van der Waals surface area contributed by atoms with Gasteiger partial charge in [0.05, 0.1) is 18.2 Å². The van der Waals surface area contributed by atoms with E-state index >= 15 is 0 Å². The third-order valence-corrected chi connectivity index (χ3v) is 6.43. The maximum Gasteiger partial charge on any atom is 0.312 e. The van der Waals surface area contributed by atoms with Crippen LogP contribution in [0.15, 0.2) is 18.2 Å². The molecule has 5 heteroatoms. The summed E-state index contributed by atoms with van der Waals surface area (Å²) < 4.78 is 10.7. The van der Waals surface area contributed by atoms with Gasteiger partial charge in [0.25, 0.3) is 5.91 Å². The molecule has 0 aliphatic heterocycles. The highest BCUT2D eigenvalue weighted by Gasteiger charge is 2.55. The molecule has 4 fully saturated rings. The van der Waals surface area contributed by atoms with Crippen molar-refractivity contribution in [3.8, 4) is 5.75 Å². The Morgan fingerprint density at radius 1 is 1.12 bits per heavy atom. The summed E-state index contributed by atoms with van der Waals surface area (Å²) in [6.45, 7) is 1.71. The Bertz CT molecular complexity index is 691. The minimum absolute atomic E-state index is 0.164. The van der Waals surface area contributed by atoms with Gasteiger partial charge >= 0.3 is 5.97 Å². The van der Waals surface area contributed by atoms with E-state index in [2.05, 4.69) is 5.32 Å². The second-order valence-electron chi connectivity index (χ2n) is 8.53. The number of hydrogen-bond donors (Lipinski definition) is 1. The van der Waals surface area contributed by atoms with Gasteiger partial charge in [-0.25, -0.2) is 0 Å².